The van der Waals surface area contributed by atoms with Gasteiger partial charge in [-0.1, -0.05) is 73.7 Å². The largest absolute Gasteiger partial charge is 0.372 e. The molecule has 1 N–H and O–H groups in total. The molecule has 0 radical (unpaired) electrons. The van der Waals surface area contributed by atoms with Crippen LogP contribution in [0.5, 0.6) is 0 Å². The average molecular weight is 369 g/mol. The number of nitrogens with one attached hydrogen (secondary N) is 1. The van der Waals surface area contributed by atoms with Gasteiger partial charge in [0.2, 0.25) is 10.0 Å². The Kier molecular flexibility index (Phi) is 5.41. The van der Waals surface area contributed by atoms with Gasteiger partial charge in [-0.25, -0.2) is 13.1 Å². The van der Waals surface area contributed by atoms with Crippen molar-refractivity contribution in [2.45, 2.75) is 23.8 Å². The zero-order valence-electron chi connectivity index (χ0n) is 15.0. The highest BCUT2D eigenvalue weighted by atomic mass is 32.2. The zero-order chi connectivity index (χ0) is 18.6. The number of ether oxygens (including phenoxy) is 1. The lowest BCUT2D eigenvalue weighted by Gasteiger charge is -2.32. The van der Waals surface area contributed by atoms with E-state index in [0.717, 1.165) is 10.9 Å². The van der Waals surface area contributed by atoms with Crippen molar-refractivity contribution < 1.29 is 13.2 Å². The third-order valence-electron chi connectivity index (χ3n) is 4.85. The first-order chi connectivity index (χ1) is 12.5. The summed E-state index contributed by atoms with van der Waals surface area (Å²) < 4.78 is 34.5. The molecule has 1 unspecified atom stereocenters. The highest BCUT2D eigenvalue weighted by molar-refractivity contribution is 7.89. The Morgan fingerprint density at radius 3 is 2.27 bits per heavy atom. The Hall–Kier alpha value is -2.21. The first kappa shape index (κ1) is 18.6. The summed E-state index contributed by atoms with van der Waals surface area (Å²) in [7, 11) is -2.06. The zero-order valence-corrected chi connectivity index (χ0v) is 15.8. The number of rotatable bonds is 7. The van der Waals surface area contributed by atoms with E-state index in [1.807, 2.05) is 67.6 Å². The molecule has 1 atom stereocenters. The van der Waals surface area contributed by atoms with E-state index < -0.39 is 15.6 Å². The Balaban J connectivity index is 1.94. The SMILES string of the molecule is CCC(CNS(=O)(=O)c1cccc2ccccc12)(OC)c1ccccc1. The summed E-state index contributed by atoms with van der Waals surface area (Å²) in [6, 6.07) is 22.5. The first-order valence-electron chi connectivity index (χ1n) is 8.60. The predicted molar refractivity (Wildman–Crippen MR) is 105 cm³/mol. The molecule has 0 amide bonds. The third-order valence-corrected chi connectivity index (χ3v) is 6.31. The minimum absolute atomic E-state index is 0.162. The van der Waals surface area contributed by atoms with Crippen LogP contribution in [-0.2, 0) is 20.4 Å². The average Bonchev–Trinajstić information content (AvgIpc) is 2.69. The summed E-state index contributed by atoms with van der Waals surface area (Å²) in [6.07, 6.45) is 0.644. The summed E-state index contributed by atoms with van der Waals surface area (Å²) in [5, 5.41) is 1.61. The molecular weight excluding hydrogens is 346 g/mol. The smallest absolute Gasteiger partial charge is 0.241 e. The molecule has 0 saturated heterocycles. The topological polar surface area (TPSA) is 55.4 Å². The molecule has 0 fully saturated rings. The van der Waals surface area contributed by atoms with E-state index in [1.165, 1.54) is 0 Å². The number of benzene rings is 3. The predicted octanol–water partition coefficient (Wildman–Crippen LogP) is 4.07. The van der Waals surface area contributed by atoms with Crippen LogP contribution in [0.2, 0.25) is 0 Å². The summed E-state index contributed by atoms with van der Waals surface area (Å²) >= 11 is 0. The maximum atomic E-state index is 13.0. The van der Waals surface area contributed by atoms with Gasteiger partial charge in [0.15, 0.2) is 0 Å². The molecule has 5 heteroatoms. The lowest BCUT2D eigenvalue weighted by molar-refractivity contribution is -0.0133. The van der Waals surface area contributed by atoms with Crippen molar-refractivity contribution in [3.05, 3.63) is 78.4 Å². The van der Waals surface area contributed by atoms with Gasteiger partial charge in [0.05, 0.1) is 4.90 Å². The monoisotopic (exact) mass is 369 g/mol. The van der Waals surface area contributed by atoms with Crippen LogP contribution in [-0.4, -0.2) is 22.1 Å². The van der Waals surface area contributed by atoms with E-state index in [2.05, 4.69) is 4.72 Å². The van der Waals surface area contributed by atoms with Gasteiger partial charge in [-0.2, -0.15) is 0 Å². The number of methoxy groups -OCH3 is 1. The van der Waals surface area contributed by atoms with Crippen LogP contribution in [0.1, 0.15) is 18.9 Å². The number of sulfonamides is 1. The van der Waals surface area contributed by atoms with Crippen molar-refractivity contribution in [3.8, 4) is 0 Å². The molecule has 136 valence electrons. The fraction of sp³-hybridized carbons (Fsp3) is 0.238. The minimum atomic E-state index is -3.68. The summed E-state index contributed by atoms with van der Waals surface area (Å²) in [5.74, 6) is 0. The van der Waals surface area contributed by atoms with E-state index in [0.29, 0.717) is 11.8 Å². The van der Waals surface area contributed by atoms with Gasteiger partial charge in [0.1, 0.15) is 5.60 Å². The van der Waals surface area contributed by atoms with Crippen molar-refractivity contribution >= 4 is 20.8 Å². The lowest BCUT2D eigenvalue weighted by Crippen LogP contribution is -2.41. The van der Waals surface area contributed by atoms with Crippen LogP contribution >= 0.6 is 0 Å². The highest BCUT2D eigenvalue weighted by Gasteiger charge is 2.32. The highest BCUT2D eigenvalue weighted by Crippen LogP contribution is 2.29. The van der Waals surface area contributed by atoms with E-state index in [-0.39, 0.29) is 11.4 Å². The van der Waals surface area contributed by atoms with Gasteiger partial charge in [-0.05, 0) is 23.4 Å². The van der Waals surface area contributed by atoms with E-state index in [4.69, 9.17) is 4.74 Å². The summed E-state index contributed by atoms with van der Waals surface area (Å²) in [6.45, 7) is 2.15. The second-order valence-electron chi connectivity index (χ2n) is 6.22. The molecule has 3 rings (SSSR count). The van der Waals surface area contributed by atoms with Crippen molar-refractivity contribution in [3.63, 3.8) is 0 Å². The van der Waals surface area contributed by atoms with Gasteiger partial charge >= 0.3 is 0 Å². The maximum Gasteiger partial charge on any atom is 0.241 e. The summed E-state index contributed by atoms with van der Waals surface area (Å²) in [5.41, 5.74) is 0.240. The molecule has 26 heavy (non-hydrogen) atoms. The molecule has 3 aromatic rings. The Morgan fingerprint density at radius 2 is 1.58 bits per heavy atom. The van der Waals surface area contributed by atoms with E-state index in [9.17, 15) is 8.42 Å². The second kappa shape index (κ2) is 7.58. The Labute approximate surface area is 154 Å². The van der Waals surface area contributed by atoms with Crippen LogP contribution < -0.4 is 4.72 Å². The molecule has 0 heterocycles. The van der Waals surface area contributed by atoms with Gasteiger partial charge in [0, 0.05) is 19.0 Å². The van der Waals surface area contributed by atoms with Gasteiger partial charge in [-0.15, -0.1) is 0 Å². The van der Waals surface area contributed by atoms with Crippen LogP contribution in [0.3, 0.4) is 0 Å². The van der Waals surface area contributed by atoms with Gasteiger partial charge in [0.25, 0.3) is 0 Å². The fourth-order valence-corrected chi connectivity index (χ4v) is 4.54. The summed E-state index contributed by atoms with van der Waals surface area (Å²) in [4.78, 5) is 0.282. The first-order valence-corrected chi connectivity index (χ1v) is 10.1. The third kappa shape index (κ3) is 3.51. The van der Waals surface area contributed by atoms with Gasteiger partial charge < -0.3 is 4.74 Å². The molecule has 0 spiro atoms. The number of fused-ring (bicyclic) bond motifs is 1. The Morgan fingerprint density at radius 1 is 0.923 bits per heavy atom. The minimum Gasteiger partial charge on any atom is -0.372 e. The van der Waals surface area contributed by atoms with Crippen LogP contribution in [0.15, 0.2) is 77.7 Å². The number of hydrogen-bond donors (Lipinski definition) is 1. The van der Waals surface area contributed by atoms with Crippen molar-refractivity contribution in [1.82, 2.24) is 4.72 Å². The number of hydrogen-bond acceptors (Lipinski definition) is 3. The van der Waals surface area contributed by atoms with Crippen LogP contribution in [0, 0.1) is 0 Å². The van der Waals surface area contributed by atoms with Crippen molar-refractivity contribution in [2.24, 2.45) is 0 Å². The molecular formula is C21H23NO3S. The standard InChI is InChI=1S/C21H23NO3S/c1-3-21(25-2,18-12-5-4-6-13-18)16-22-26(23,24)20-15-9-11-17-10-7-8-14-19(17)20/h4-15,22H,3,16H2,1-2H3. The van der Waals surface area contributed by atoms with Crippen molar-refractivity contribution in [2.75, 3.05) is 13.7 Å². The molecule has 0 bridgehead atoms. The molecule has 0 aliphatic heterocycles. The quantitative estimate of drug-likeness (QED) is 0.683. The molecule has 0 aromatic heterocycles. The van der Waals surface area contributed by atoms with E-state index >= 15 is 0 Å². The molecule has 0 saturated carbocycles. The molecule has 3 aromatic carbocycles. The van der Waals surface area contributed by atoms with Crippen LogP contribution in [0.4, 0.5) is 0 Å². The maximum absolute atomic E-state index is 13.0. The van der Waals surface area contributed by atoms with Crippen molar-refractivity contribution in [1.29, 1.82) is 0 Å². The molecule has 0 aliphatic rings. The van der Waals surface area contributed by atoms with Gasteiger partial charge in [-0.3, -0.25) is 0 Å². The molecule has 4 nitrogen and oxygen atoms in total. The second-order valence-corrected chi connectivity index (χ2v) is 7.96. The normalized spacial score (nSPS) is 14.2. The fourth-order valence-electron chi connectivity index (χ4n) is 3.23. The van der Waals surface area contributed by atoms with Crippen LogP contribution in [0.25, 0.3) is 10.8 Å². The van der Waals surface area contributed by atoms with E-state index in [1.54, 1.807) is 19.2 Å². The lowest BCUT2D eigenvalue weighted by atomic mass is 9.91. The Bertz CT molecular complexity index is 975. The molecule has 0 aliphatic carbocycles.